The molecular weight excluding hydrogens is 286 g/mol. The quantitative estimate of drug-likeness (QED) is 0.517. The van der Waals surface area contributed by atoms with Gasteiger partial charge >= 0.3 is 5.69 Å². The van der Waals surface area contributed by atoms with E-state index in [1.54, 1.807) is 12.1 Å². The fourth-order valence-corrected chi connectivity index (χ4v) is 1.71. The van der Waals surface area contributed by atoms with E-state index in [2.05, 4.69) is 20.5 Å². The van der Waals surface area contributed by atoms with Crippen LogP contribution in [0.3, 0.4) is 0 Å². The predicted molar refractivity (Wildman–Crippen MR) is 69.1 cm³/mol. The maximum Gasteiger partial charge on any atom is 0.319 e. The molecule has 2 aromatic rings. The van der Waals surface area contributed by atoms with Crippen molar-refractivity contribution in [1.82, 2.24) is 20.5 Å². The molecule has 0 saturated heterocycles. The van der Waals surface area contributed by atoms with Crippen molar-refractivity contribution in [2.75, 3.05) is 0 Å². The molecule has 2 aromatic heterocycles. The summed E-state index contributed by atoms with van der Waals surface area (Å²) in [6, 6.07) is 4.57. The maximum atomic E-state index is 11.9. The monoisotopic (exact) mass is 293 g/mol. The van der Waals surface area contributed by atoms with Gasteiger partial charge in [0.1, 0.15) is 5.56 Å². The Hall–Kier alpha value is -2.61. The lowest BCUT2D eigenvalue weighted by molar-refractivity contribution is -0.385. The molecule has 0 aromatic carbocycles. The van der Waals surface area contributed by atoms with Crippen molar-refractivity contribution < 1.29 is 9.72 Å². The predicted octanol–water partition coefficient (Wildman–Crippen LogP) is 1.36. The highest BCUT2D eigenvalue weighted by atomic mass is 35.5. The summed E-state index contributed by atoms with van der Waals surface area (Å²) in [6.07, 6.45) is 2.73. The molecule has 0 fully saturated rings. The molecule has 9 heteroatoms. The van der Waals surface area contributed by atoms with Crippen molar-refractivity contribution in [2.24, 2.45) is 0 Å². The van der Waals surface area contributed by atoms with E-state index in [9.17, 15) is 14.9 Å². The van der Waals surface area contributed by atoms with Gasteiger partial charge in [-0.1, -0.05) is 11.6 Å². The number of nitrogens with one attached hydrogen (secondary N) is 1. The fraction of sp³-hybridized carbons (Fsp3) is 0.0909. The summed E-state index contributed by atoms with van der Waals surface area (Å²) >= 11 is 5.63. The first kappa shape index (κ1) is 13.8. The van der Waals surface area contributed by atoms with Crippen molar-refractivity contribution in [1.29, 1.82) is 0 Å². The van der Waals surface area contributed by atoms with Gasteiger partial charge in [-0.3, -0.25) is 14.9 Å². The molecule has 1 amide bonds. The zero-order valence-corrected chi connectivity index (χ0v) is 10.7. The van der Waals surface area contributed by atoms with Crippen molar-refractivity contribution in [2.45, 2.75) is 6.54 Å². The lowest BCUT2D eigenvalue weighted by Crippen LogP contribution is -2.24. The second-order valence-corrected chi connectivity index (χ2v) is 4.01. The number of amides is 1. The Labute approximate surface area is 118 Å². The Bertz CT molecular complexity index is 650. The zero-order valence-electron chi connectivity index (χ0n) is 9.99. The molecule has 0 unspecified atom stereocenters. The van der Waals surface area contributed by atoms with Gasteiger partial charge in [0.15, 0.2) is 0 Å². The number of carbonyl (C=O) groups is 1. The average Bonchev–Trinajstić information content (AvgIpc) is 2.45. The molecule has 0 spiro atoms. The van der Waals surface area contributed by atoms with E-state index >= 15 is 0 Å². The third-order valence-electron chi connectivity index (χ3n) is 2.36. The van der Waals surface area contributed by atoms with E-state index in [1.807, 2.05) is 0 Å². The minimum Gasteiger partial charge on any atom is -0.346 e. The Morgan fingerprint density at radius 2 is 2.20 bits per heavy atom. The summed E-state index contributed by atoms with van der Waals surface area (Å²) in [4.78, 5) is 25.7. The highest BCUT2D eigenvalue weighted by Gasteiger charge is 2.24. The number of hydrogen-bond acceptors (Lipinski definition) is 6. The summed E-state index contributed by atoms with van der Waals surface area (Å²) in [5.41, 5.74) is -0.145. The molecule has 8 nitrogen and oxygen atoms in total. The normalized spacial score (nSPS) is 10.1. The standard InChI is InChI=1S/C11H8ClN5O3/c12-10-9(17(19)20)8(3-5-13-10)11(18)14-6-7-2-1-4-15-16-7/h1-5H,6H2,(H,14,18). The van der Waals surface area contributed by atoms with E-state index in [-0.39, 0.29) is 17.3 Å². The lowest BCUT2D eigenvalue weighted by atomic mass is 10.2. The van der Waals surface area contributed by atoms with Gasteiger partial charge in [-0.25, -0.2) is 4.98 Å². The minimum absolute atomic E-state index is 0.101. The van der Waals surface area contributed by atoms with Crippen LogP contribution in [0, 0.1) is 10.1 Å². The molecule has 0 atom stereocenters. The largest absolute Gasteiger partial charge is 0.346 e. The van der Waals surface area contributed by atoms with E-state index in [0.717, 1.165) is 0 Å². The molecule has 0 aliphatic heterocycles. The SMILES string of the molecule is O=C(NCc1cccnn1)c1ccnc(Cl)c1[N+](=O)[O-]. The van der Waals surface area contributed by atoms with Crippen LogP contribution in [0.25, 0.3) is 0 Å². The number of halogens is 1. The van der Waals surface area contributed by atoms with Gasteiger partial charge in [0, 0.05) is 12.4 Å². The second-order valence-electron chi connectivity index (χ2n) is 3.65. The highest BCUT2D eigenvalue weighted by Crippen LogP contribution is 2.25. The Kier molecular flexibility index (Phi) is 4.16. The first-order valence-corrected chi connectivity index (χ1v) is 5.81. The topological polar surface area (TPSA) is 111 Å². The van der Waals surface area contributed by atoms with Crippen LogP contribution in [0.4, 0.5) is 5.69 Å². The molecule has 1 N–H and O–H groups in total. The number of carbonyl (C=O) groups excluding carboxylic acids is 1. The Morgan fingerprint density at radius 3 is 2.85 bits per heavy atom. The van der Waals surface area contributed by atoms with Crippen LogP contribution in [0.15, 0.2) is 30.6 Å². The molecule has 0 radical (unpaired) electrons. The average molecular weight is 294 g/mol. The first-order valence-electron chi connectivity index (χ1n) is 5.43. The number of nitro groups is 1. The molecule has 0 saturated carbocycles. The van der Waals surface area contributed by atoms with Gasteiger partial charge in [0.05, 0.1) is 17.2 Å². The number of hydrogen-bond donors (Lipinski definition) is 1. The summed E-state index contributed by atoms with van der Waals surface area (Å²) in [5.74, 6) is -0.633. The van der Waals surface area contributed by atoms with Crippen LogP contribution in [-0.2, 0) is 6.54 Å². The van der Waals surface area contributed by atoms with E-state index in [0.29, 0.717) is 5.69 Å². The van der Waals surface area contributed by atoms with Gasteiger partial charge in [0.25, 0.3) is 5.91 Å². The number of pyridine rings is 1. The van der Waals surface area contributed by atoms with Crippen molar-refractivity contribution in [3.8, 4) is 0 Å². The van der Waals surface area contributed by atoms with E-state index < -0.39 is 16.5 Å². The summed E-state index contributed by atoms with van der Waals surface area (Å²) in [7, 11) is 0. The number of nitrogens with zero attached hydrogens (tertiary/aromatic N) is 4. The second kappa shape index (κ2) is 6.02. The third-order valence-corrected chi connectivity index (χ3v) is 2.64. The molecule has 0 aliphatic carbocycles. The van der Waals surface area contributed by atoms with Crippen molar-refractivity contribution in [3.05, 3.63) is 57.1 Å². The zero-order chi connectivity index (χ0) is 14.5. The molecule has 0 aliphatic rings. The third kappa shape index (κ3) is 3.04. The van der Waals surface area contributed by atoms with E-state index in [4.69, 9.17) is 11.6 Å². The first-order chi connectivity index (χ1) is 9.59. The van der Waals surface area contributed by atoms with Crippen molar-refractivity contribution >= 4 is 23.2 Å². The summed E-state index contributed by atoms with van der Waals surface area (Å²) in [6.45, 7) is 0.101. The van der Waals surface area contributed by atoms with E-state index in [1.165, 1.54) is 18.5 Å². The van der Waals surface area contributed by atoms with Gasteiger partial charge in [0.2, 0.25) is 5.15 Å². The van der Waals surface area contributed by atoms with Crippen LogP contribution in [-0.4, -0.2) is 26.0 Å². The lowest BCUT2D eigenvalue weighted by Gasteiger charge is -2.05. The van der Waals surface area contributed by atoms with Crippen LogP contribution in [0.1, 0.15) is 16.1 Å². The molecule has 0 bridgehead atoms. The maximum absolute atomic E-state index is 11.9. The van der Waals surface area contributed by atoms with Gasteiger partial charge in [-0.15, -0.1) is 0 Å². The van der Waals surface area contributed by atoms with Crippen LogP contribution >= 0.6 is 11.6 Å². The fourth-order valence-electron chi connectivity index (χ4n) is 1.48. The van der Waals surface area contributed by atoms with Crippen LogP contribution < -0.4 is 5.32 Å². The number of aromatic nitrogens is 3. The van der Waals surface area contributed by atoms with Crippen LogP contribution in [0.5, 0.6) is 0 Å². The van der Waals surface area contributed by atoms with Crippen molar-refractivity contribution in [3.63, 3.8) is 0 Å². The minimum atomic E-state index is -0.743. The highest BCUT2D eigenvalue weighted by molar-refractivity contribution is 6.32. The summed E-state index contributed by atoms with van der Waals surface area (Å²) in [5, 5.41) is 20.5. The Balaban J connectivity index is 2.18. The van der Waals surface area contributed by atoms with Gasteiger partial charge < -0.3 is 5.32 Å². The molecule has 102 valence electrons. The van der Waals surface area contributed by atoms with Gasteiger partial charge in [-0.05, 0) is 18.2 Å². The Morgan fingerprint density at radius 1 is 1.40 bits per heavy atom. The number of rotatable bonds is 4. The van der Waals surface area contributed by atoms with Crippen LogP contribution in [0.2, 0.25) is 5.15 Å². The smallest absolute Gasteiger partial charge is 0.319 e. The molecule has 2 rings (SSSR count). The molecule has 20 heavy (non-hydrogen) atoms. The van der Waals surface area contributed by atoms with Gasteiger partial charge in [-0.2, -0.15) is 10.2 Å². The molecular formula is C11H8ClN5O3. The molecule has 2 heterocycles. The summed E-state index contributed by atoms with van der Waals surface area (Å²) < 4.78 is 0.